The van der Waals surface area contributed by atoms with E-state index in [1.165, 1.54) is 97.2 Å². The Bertz CT molecular complexity index is 3530. The zero-order chi connectivity index (χ0) is 37.5. The maximum Gasteiger partial charge on any atom is 0.0541 e. The molecule has 3 heteroatoms. The molecule has 2 nitrogen and oxygen atoms in total. The van der Waals surface area contributed by atoms with Crippen LogP contribution in [-0.2, 0) is 0 Å². The van der Waals surface area contributed by atoms with Crippen LogP contribution in [0.1, 0.15) is 0 Å². The van der Waals surface area contributed by atoms with Gasteiger partial charge >= 0.3 is 0 Å². The van der Waals surface area contributed by atoms with Crippen molar-refractivity contribution < 1.29 is 0 Å². The third kappa shape index (κ3) is 5.03. The lowest BCUT2D eigenvalue weighted by molar-refractivity contribution is 1.18. The molecule has 57 heavy (non-hydrogen) atoms. The summed E-state index contributed by atoms with van der Waals surface area (Å²) in [6, 6.07) is 75.7. The SMILES string of the molecule is c1ccc(-c2cccc(-n3c4ccccc4c4cc(-c5ccc6c(c5)c5ccccc5n6-c5cccc(-c6cccc7sc8ccccc8c67)c5)ccc43)c2)cc1. The highest BCUT2D eigenvalue weighted by atomic mass is 32.1. The molecule has 0 unspecified atom stereocenters. The molecule has 9 aromatic carbocycles. The number of nitrogens with zero attached hydrogens (tertiary/aromatic N) is 2. The monoisotopic (exact) mass is 742 g/mol. The first-order valence-corrected chi connectivity index (χ1v) is 20.3. The molecule has 0 aliphatic carbocycles. The van der Waals surface area contributed by atoms with E-state index in [0.29, 0.717) is 0 Å². The first kappa shape index (κ1) is 32.1. The van der Waals surface area contributed by atoms with Crippen LogP contribution in [0.5, 0.6) is 0 Å². The van der Waals surface area contributed by atoms with Crippen molar-refractivity contribution >= 4 is 75.1 Å². The topological polar surface area (TPSA) is 9.86 Å². The minimum absolute atomic E-state index is 1.16. The molecule has 0 radical (unpaired) electrons. The second-order valence-corrected chi connectivity index (χ2v) is 16.0. The van der Waals surface area contributed by atoms with Gasteiger partial charge < -0.3 is 9.13 Å². The fourth-order valence-corrected chi connectivity index (χ4v) is 10.3. The molecule has 0 aliphatic rings. The molecule has 3 aromatic heterocycles. The summed E-state index contributed by atoms with van der Waals surface area (Å²) in [6.07, 6.45) is 0. The van der Waals surface area contributed by atoms with Crippen LogP contribution in [0.15, 0.2) is 206 Å². The molecule has 266 valence electrons. The van der Waals surface area contributed by atoms with E-state index in [1.54, 1.807) is 0 Å². The molecule has 0 N–H and O–H groups in total. The molecule has 0 amide bonds. The maximum atomic E-state index is 2.43. The van der Waals surface area contributed by atoms with Crippen LogP contribution in [0.3, 0.4) is 0 Å². The average Bonchev–Trinajstić information content (AvgIpc) is 3.94. The van der Waals surface area contributed by atoms with Gasteiger partial charge in [0.1, 0.15) is 0 Å². The van der Waals surface area contributed by atoms with E-state index in [2.05, 4.69) is 215 Å². The van der Waals surface area contributed by atoms with Crippen LogP contribution < -0.4 is 0 Å². The van der Waals surface area contributed by atoms with Crippen molar-refractivity contribution in [1.82, 2.24) is 9.13 Å². The van der Waals surface area contributed by atoms with Gasteiger partial charge in [0.05, 0.1) is 22.1 Å². The Labute approximate surface area is 333 Å². The van der Waals surface area contributed by atoms with Crippen molar-refractivity contribution in [2.45, 2.75) is 0 Å². The van der Waals surface area contributed by atoms with E-state index in [9.17, 15) is 0 Å². The number of thiophene rings is 1. The molecule has 0 saturated carbocycles. The van der Waals surface area contributed by atoms with Crippen molar-refractivity contribution in [1.29, 1.82) is 0 Å². The summed E-state index contributed by atoms with van der Waals surface area (Å²) in [5, 5.41) is 7.66. The van der Waals surface area contributed by atoms with Gasteiger partial charge in [-0.25, -0.2) is 0 Å². The number of aromatic nitrogens is 2. The van der Waals surface area contributed by atoms with Crippen LogP contribution in [0.4, 0.5) is 0 Å². The highest BCUT2D eigenvalue weighted by Crippen LogP contribution is 2.42. The van der Waals surface area contributed by atoms with Crippen molar-refractivity contribution in [3.05, 3.63) is 206 Å². The maximum absolute atomic E-state index is 2.43. The van der Waals surface area contributed by atoms with E-state index < -0.39 is 0 Å². The van der Waals surface area contributed by atoms with Crippen LogP contribution in [-0.4, -0.2) is 9.13 Å². The summed E-state index contributed by atoms with van der Waals surface area (Å²) < 4.78 is 7.49. The quantitative estimate of drug-likeness (QED) is 0.166. The van der Waals surface area contributed by atoms with Crippen LogP contribution in [0.2, 0.25) is 0 Å². The van der Waals surface area contributed by atoms with Gasteiger partial charge in [0.2, 0.25) is 0 Å². The molecule has 12 aromatic rings. The molecular weight excluding hydrogens is 709 g/mol. The molecule has 0 fully saturated rings. The number of fused-ring (bicyclic) bond motifs is 9. The molecule has 0 spiro atoms. The molecule has 0 saturated heterocycles. The smallest absolute Gasteiger partial charge is 0.0541 e. The Hall–Kier alpha value is -7.20. The van der Waals surface area contributed by atoms with Crippen molar-refractivity contribution in [3.63, 3.8) is 0 Å². The Balaban J connectivity index is 0.994. The normalized spacial score (nSPS) is 11.9. The number of para-hydroxylation sites is 2. The zero-order valence-electron chi connectivity index (χ0n) is 30.9. The van der Waals surface area contributed by atoms with Gasteiger partial charge in [0.15, 0.2) is 0 Å². The van der Waals surface area contributed by atoms with Gasteiger partial charge in [-0.15, -0.1) is 11.3 Å². The molecule has 0 atom stereocenters. The number of hydrogen-bond donors (Lipinski definition) is 0. The Morgan fingerprint density at radius 3 is 1.42 bits per heavy atom. The van der Waals surface area contributed by atoms with Crippen LogP contribution in [0.25, 0.3) is 109 Å². The zero-order valence-corrected chi connectivity index (χ0v) is 31.7. The van der Waals surface area contributed by atoms with E-state index >= 15 is 0 Å². The highest BCUT2D eigenvalue weighted by molar-refractivity contribution is 7.25. The Kier molecular flexibility index (Phi) is 7.13. The first-order valence-electron chi connectivity index (χ1n) is 19.5. The minimum Gasteiger partial charge on any atom is -0.309 e. The first-order chi connectivity index (χ1) is 28.3. The highest BCUT2D eigenvalue weighted by Gasteiger charge is 2.18. The van der Waals surface area contributed by atoms with E-state index in [4.69, 9.17) is 0 Å². The Morgan fingerprint density at radius 1 is 0.281 bits per heavy atom. The molecule has 3 heterocycles. The molecule has 12 rings (SSSR count). The summed E-state index contributed by atoms with van der Waals surface area (Å²) in [6.45, 7) is 0. The van der Waals surface area contributed by atoms with Crippen molar-refractivity contribution in [2.24, 2.45) is 0 Å². The largest absolute Gasteiger partial charge is 0.309 e. The molecular formula is C54H34N2S. The number of hydrogen-bond acceptors (Lipinski definition) is 1. The van der Waals surface area contributed by atoms with Crippen molar-refractivity contribution in [3.8, 4) is 44.8 Å². The summed E-state index contributed by atoms with van der Waals surface area (Å²) in [4.78, 5) is 0. The van der Waals surface area contributed by atoms with Gasteiger partial charge in [0.25, 0.3) is 0 Å². The summed E-state index contributed by atoms with van der Waals surface area (Å²) in [5.41, 5.74) is 14.5. The van der Waals surface area contributed by atoms with Crippen LogP contribution >= 0.6 is 11.3 Å². The van der Waals surface area contributed by atoms with E-state index in [0.717, 1.165) is 11.4 Å². The lowest BCUT2D eigenvalue weighted by atomic mass is 9.99. The fraction of sp³-hybridized carbons (Fsp3) is 0. The van der Waals surface area contributed by atoms with Gasteiger partial charge in [-0.1, -0.05) is 133 Å². The lowest BCUT2D eigenvalue weighted by Gasteiger charge is -2.12. The second-order valence-electron chi connectivity index (χ2n) is 14.9. The van der Waals surface area contributed by atoms with Crippen LogP contribution in [0, 0.1) is 0 Å². The predicted molar refractivity (Wildman–Crippen MR) is 244 cm³/mol. The standard InChI is InChI=1S/C54H34N2S/c1-2-13-35(14-3-1)36-15-10-17-40(31-36)55-48-23-7-4-19-43(48)46-33-37(27-29-50(46)55)38-28-30-51-47(34-38)44-20-5-8-24-49(44)56(51)41-18-11-16-39(32-41)42-22-12-26-53-54(42)45-21-6-9-25-52(45)57-53/h1-34H. The molecule has 0 aliphatic heterocycles. The summed E-state index contributed by atoms with van der Waals surface area (Å²) >= 11 is 1.87. The summed E-state index contributed by atoms with van der Waals surface area (Å²) in [5.74, 6) is 0. The number of benzene rings is 9. The third-order valence-electron chi connectivity index (χ3n) is 11.7. The molecule has 0 bridgehead atoms. The van der Waals surface area contributed by atoms with Gasteiger partial charge in [-0.05, 0) is 106 Å². The fourth-order valence-electron chi connectivity index (χ4n) is 9.14. The summed E-state index contributed by atoms with van der Waals surface area (Å²) in [7, 11) is 0. The van der Waals surface area contributed by atoms with Gasteiger partial charge in [-0.2, -0.15) is 0 Å². The van der Waals surface area contributed by atoms with E-state index in [-0.39, 0.29) is 0 Å². The average molecular weight is 743 g/mol. The number of rotatable bonds is 5. The third-order valence-corrected chi connectivity index (χ3v) is 12.8. The predicted octanol–water partition coefficient (Wildman–Crippen LogP) is 15.2. The Morgan fingerprint density at radius 2 is 0.754 bits per heavy atom. The van der Waals surface area contributed by atoms with Gasteiger partial charge in [0, 0.05) is 53.1 Å². The van der Waals surface area contributed by atoms with Gasteiger partial charge in [-0.3, -0.25) is 0 Å². The lowest BCUT2D eigenvalue weighted by Crippen LogP contribution is -1.94. The van der Waals surface area contributed by atoms with E-state index in [1.807, 2.05) is 11.3 Å². The second kappa shape index (κ2) is 12.7. The minimum atomic E-state index is 1.16. The van der Waals surface area contributed by atoms with Crippen molar-refractivity contribution in [2.75, 3.05) is 0 Å².